The van der Waals surface area contributed by atoms with Gasteiger partial charge in [0.1, 0.15) is 12.4 Å². The van der Waals surface area contributed by atoms with Crippen LogP contribution < -0.4 is 0 Å². The van der Waals surface area contributed by atoms with E-state index >= 15 is 0 Å². The molecule has 1 atom stereocenters. The first kappa shape index (κ1) is 11.2. The van der Waals surface area contributed by atoms with Gasteiger partial charge in [-0.2, -0.15) is 0 Å². The molecular formula is C10H19N3O. The van der Waals surface area contributed by atoms with Gasteiger partial charge >= 0.3 is 0 Å². The van der Waals surface area contributed by atoms with Gasteiger partial charge in [-0.05, 0) is 12.8 Å². The minimum Gasteiger partial charge on any atom is -0.388 e. The summed E-state index contributed by atoms with van der Waals surface area (Å²) < 4.78 is 1.99. The molecule has 4 nitrogen and oxygen atoms in total. The van der Waals surface area contributed by atoms with Gasteiger partial charge in [-0.3, -0.25) is 0 Å². The van der Waals surface area contributed by atoms with Crippen LogP contribution in [-0.4, -0.2) is 19.9 Å². The fourth-order valence-corrected chi connectivity index (χ4v) is 1.46. The van der Waals surface area contributed by atoms with Crippen LogP contribution in [0.2, 0.25) is 0 Å². The van der Waals surface area contributed by atoms with Crippen molar-refractivity contribution >= 4 is 0 Å². The summed E-state index contributed by atoms with van der Waals surface area (Å²) in [6, 6.07) is 0. The summed E-state index contributed by atoms with van der Waals surface area (Å²) in [5.41, 5.74) is 0. The Hall–Kier alpha value is -0.900. The maximum absolute atomic E-state index is 9.03. The van der Waals surface area contributed by atoms with Crippen LogP contribution in [0, 0.1) is 5.92 Å². The molecule has 1 N–H and O–H groups in total. The Balaban J connectivity index is 2.80. The molecule has 0 saturated carbocycles. The summed E-state index contributed by atoms with van der Waals surface area (Å²) in [4.78, 5) is 0. The normalized spacial score (nSPS) is 13.1. The standard InChI is InChI=1S/C10H19N3O/c1-4-8(3)6-9-11-12-10(7-14)13(9)5-2/h8,14H,4-7H2,1-3H3. The van der Waals surface area contributed by atoms with E-state index in [-0.39, 0.29) is 6.61 Å². The van der Waals surface area contributed by atoms with Crippen molar-refractivity contribution in [2.24, 2.45) is 5.92 Å². The van der Waals surface area contributed by atoms with Gasteiger partial charge in [0.2, 0.25) is 0 Å². The molecule has 0 amide bonds. The summed E-state index contributed by atoms with van der Waals surface area (Å²) in [6.07, 6.45) is 2.09. The second kappa shape index (κ2) is 5.10. The molecule has 0 aliphatic rings. The van der Waals surface area contributed by atoms with Gasteiger partial charge in [-0.1, -0.05) is 20.3 Å². The van der Waals surface area contributed by atoms with E-state index in [1.807, 2.05) is 11.5 Å². The quantitative estimate of drug-likeness (QED) is 0.775. The van der Waals surface area contributed by atoms with Gasteiger partial charge in [0.05, 0.1) is 0 Å². The molecule has 0 aliphatic carbocycles. The monoisotopic (exact) mass is 197 g/mol. The summed E-state index contributed by atoms with van der Waals surface area (Å²) in [5.74, 6) is 2.28. The zero-order chi connectivity index (χ0) is 10.6. The summed E-state index contributed by atoms with van der Waals surface area (Å²) >= 11 is 0. The zero-order valence-electron chi connectivity index (χ0n) is 9.19. The fraction of sp³-hybridized carbons (Fsp3) is 0.800. The minimum absolute atomic E-state index is 0.0264. The van der Waals surface area contributed by atoms with Crippen molar-refractivity contribution in [2.45, 2.75) is 46.8 Å². The average molecular weight is 197 g/mol. The Kier molecular flexibility index (Phi) is 4.07. The van der Waals surface area contributed by atoms with Gasteiger partial charge in [-0.15, -0.1) is 10.2 Å². The molecule has 14 heavy (non-hydrogen) atoms. The molecule has 0 bridgehead atoms. The molecular weight excluding hydrogens is 178 g/mol. The Morgan fingerprint density at radius 1 is 1.29 bits per heavy atom. The predicted octanol–water partition coefficient (Wildman–Crippen LogP) is 1.38. The van der Waals surface area contributed by atoms with E-state index in [2.05, 4.69) is 24.0 Å². The number of aliphatic hydroxyl groups is 1. The van der Waals surface area contributed by atoms with Crippen LogP contribution in [0.4, 0.5) is 0 Å². The molecule has 0 aliphatic heterocycles. The number of aliphatic hydroxyl groups excluding tert-OH is 1. The maximum Gasteiger partial charge on any atom is 0.158 e. The van der Waals surface area contributed by atoms with Gasteiger partial charge in [-0.25, -0.2) is 0 Å². The highest BCUT2D eigenvalue weighted by Gasteiger charge is 2.11. The lowest BCUT2D eigenvalue weighted by Gasteiger charge is -2.09. The van der Waals surface area contributed by atoms with E-state index in [0.717, 1.165) is 25.2 Å². The summed E-state index contributed by atoms with van der Waals surface area (Å²) in [7, 11) is 0. The first-order valence-corrected chi connectivity index (χ1v) is 5.24. The molecule has 1 aromatic heterocycles. The highest BCUT2D eigenvalue weighted by molar-refractivity contribution is 4.95. The largest absolute Gasteiger partial charge is 0.388 e. The number of rotatable bonds is 5. The van der Waals surface area contributed by atoms with E-state index in [0.29, 0.717) is 11.7 Å². The molecule has 0 spiro atoms. The zero-order valence-corrected chi connectivity index (χ0v) is 9.19. The molecule has 1 unspecified atom stereocenters. The summed E-state index contributed by atoms with van der Waals surface area (Å²) in [6.45, 7) is 7.22. The number of hydrogen-bond acceptors (Lipinski definition) is 3. The number of nitrogens with zero attached hydrogens (tertiary/aromatic N) is 3. The van der Waals surface area contributed by atoms with E-state index in [4.69, 9.17) is 5.11 Å². The van der Waals surface area contributed by atoms with Crippen LogP contribution in [0.5, 0.6) is 0 Å². The van der Waals surface area contributed by atoms with Gasteiger partial charge in [0.15, 0.2) is 5.82 Å². The van der Waals surface area contributed by atoms with Crippen molar-refractivity contribution in [1.82, 2.24) is 14.8 Å². The van der Waals surface area contributed by atoms with Crippen molar-refractivity contribution in [3.63, 3.8) is 0 Å². The first-order valence-electron chi connectivity index (χ1n) is 5.24. The van der Waals surface area contributed by atoms with Crippen LogP contribution in [0.3, 0.4) is 0 Å². The molecule has 4 heteroatoms. The minimum atomic E-state index is -0.0264. The lowest BCUT2D eigenvalue weighted by Crippen LogP contribution is -2.09. The molecule has 0 radical (unpaired) electrons. The fourth-order valence-electron chi connectivity index (χ4n) is 1.46. The number of aromatic nitrogens is 3. The number of hydrogen-bond donors (Lipinski definition) is 1. The molecule has 1 rings (SSSR count). The van der Waals surface area contributed by atoms with E-state index in [1.165, 1.54) is 0 Å². The average Bonchev–Trinajstić information content (AvgIpc) is 2.59. The Morgan fingerprint density at radius 3 is 2.43 bits per heavy atom. The van der Waals surface area contributed by atoms with Crippen LogP contribution >= 0.6 is 0 Å². The van der Waals surface area contributed by atoms with Gasteiger partial charge < -0.3 is 9.67 Å². The molecule has 80 valence electrons. The molecule has 0 saturated heterocycles. The SMILES string of the molecule is CCC(C)Cc1nnc(CO)n1CC. The Labute approximate surface area is 85.0 Å². The highest BCUT2D eigenvalue weighted by atomic mass is 16.3. The second-order valence-corrected chi connectivity index (χ2v) is 3.65. The highest BCUT2D eigenvalue weighted by Crippen LogP contribution is 2.11. The van der Waals surface area contributed by atoms with E-state index in [9.17, 15) is 0 Å². The van der Waals surface area contributed by atoms with E-state index < -0.39 is 0 Å². The van der Waals surface area contributed by atoms with Crippen LogP contribution in [0.1, 0.15) is 38.8 Å². The third kappa shape index (κ3) is 2.32. The van der Waals surface area contributed by atoms with Crippen molar-refractivity contribution in [3.05, 3.63) is 11.6 Å². The van der Waals surface area contributed by atoms with Crippen molar-refractivity contribution in [3.8, 4) is 0 Å². The van der Waals surface area contributed by atoms with Crippen LogP contribution in [-0.2, 0) is 19.6 Å². The topological polar surface area (TPSA) is 50.9 Å². The molecule has 0 fully saturated rings. The van der Waals surface area contributed by atoms with Crippen LogP contribution in [0.25, 0.3) is 0 Å². The third-order valence-electron chi connectivity index (χ3n) is 2.59. The first-order chi connectivity index (χ1) is 6.72. The predicted molar refractivity (Wildman–Crippen MR) is 54.8 cm³/mol. The molecule has 1 aromatic rings. The van der Waals surface area contributed by atoms with Gasteiger partial charge in [0, 0.05) is 13.0 Å². The maximum atomic E-state index is 9.03. The van der Waals surface area contributed by atoms with E-state index in [1.54, 1.807) is 0 Å². The second-order valence-electron chi connectivity index (χ2n) is 3.65. The van der Waals surface area contributed by atoms with Gasteiger partial charge in [0.25, 0.3) is 0 Å². The van der Waals surface area contributed by atoms with Crippen molar-refractivity contribution in [2.75, 3.05) is 0 Å². The Bertz CT molecular complexity index is 283. The lowest BCUT2D eigenvalue weighted by atomic mass is 10.1. The lowest BCUT2D eigenvalue weighted by molar-refractivity contribution is 0.264. The smallest absolute Gasteiger partial charge is 0.158 e. The third-order valence-corrected chi connectivity index (χ3v) is 2.59. The van der Waals surface area contributed by atoms with Crippen molar-refractivity contribution < 1.29 is 5.11 Å². The van der Waals surface area contributed by atoms with Crippen LogP contribution in [0.15, 0.2) is 0 Å². The molecule has 0 aromatic carbocycles. The summed E-state index contributed by atoms with van der Waals surface area (Å²) in [5, 5.41) is 17.1. The van der Waals surface area contributed by atoms with Crippen molar-refractivity contribution in [1.29, 1.82) is 0 Å². The Morgan fingerprint density at radius 2 is 1.93 bits per heavy atom. The molecule has 1 heterocycles.